The number of nitriles is 1. The molecule has 1 amide bonds. The summed E-state index contributed by atoms with van der Waals surface area (Å²) in [6.07, 6.45) is 0. The third-order valence-corrected chi connectivity index (χ3v) is 4.35. The molecule has 1 atom stereocenters. The van der Waals surface area contributed by atoms with Gasteiger partial charge in [0.15, 0.2) is 0 Å². The van der Waals surface area contributed by atoms with Crippen LogP contribution in [0.25, 0.3) is 0 Å². The number of nitrogens with zero attached hydrogens (tertiary/aromatic N) is 1. The number of anilines is 1. The monoisotopic (exact) mass is 382 g/mol. The Morgan fingerprint density at radius 2 is 1.67 bits per heavy atom. The number of carbonyl (C=O) groups is 1. The lowest BCUT2D eigenvalue weighted by Crippen LogP contribution is -2.16. The zero-order valence-corrected chi connectivity index (χ0v) is 14.7. The van der Waals surface area contributed by atoms with Crippen molar-refractivity contribution in [3.8, 4) is 6.07 Å². The molecule has 0 aliphatic carbocycles. The summed E-state index contributed by atoms with van der Waals surface area (Å²) >= 11 is 6.29. The zero-order chi connectivity index (χ0) is 19.4. The highest BCUT2D eigenvalue weighted by atomic mass is 35.5. The molecule has 134 valence electrons. The molecule has 0 aliphatic heterocycles. The highest BCUT2D eigenvalue weighted by Crippen LogP contribution is 2.32. The molecule has 3 rings (SSSR count). The van der Waals surface area contributed by atoms with Gasteiger partial charge in [0.2, 0.25) is 0 Å². The summed E-state index contributed by atoms with van der Waals surface area (Å²) in [7, 11) is 0. The summed E-state index contributed by atoms with van der Waals surface area (Å²) in [5.41, 5.74) is 0.950. The first kappa shape index (κ1) is 18.6. The number of benzene rings is 3. The van der Waals surface area contributed by atoms with Crippen molar-refractivity contribution in [1.82, 2.24) is 0 Å². The van der Waals surface area contributed by atoms with Crippen LogP contribution in [0.4, 0.5) is 14.5 Å². The molecule has 27 heavy (non-hydrogen) atoms. The van der Waals surface area contributed by atoms with Gasteiger partial charge >= 0.3 is 0 Å². The van der Waals surface area contributed by atoms with E-state index in [0.717, 1.165) is 17.7 Å². The molecule has 0 spiro atoms. The van der Waals surface area contributed by atoms with Crippen molar-refractivity contribution < 1.29 is 13.6 Å². The van der Waals surface area contributed by atoms with Gasteiger partial charge in [0.1, 0.15) is 17.2 Å². The predicted molar refractivity (Wildman–Crippen MR) is 99.7 cm³/mol. The number of rotatable bonds is 4. The van der Waals surface area contributed by atoms with E-state index < -0.39 is 29.0 Å². The molecule has 0 saturated heterocycles. The van der Waals surface area contributed by atoms with Crippen molar-refractivity contribution in [2.45, 2.75) is 5.92 Å². The minimum absolute atomic E-state index is 0.261. The van der Waals surface area contributed by atoms with Crippen LogP contribution in [0.15, 0.2) is 66.7 Å². The van der Waals surface area contributed by atoms with Gasteiger partial charge in [-0.3, -0.25) is 4.79 Å². The summed E-state index contributed by atoms with van der Waals surface area (Å²) in [6, 6.07) is 19.1. The standard InChI is InChI=1S/C21H13ClF2N2O/c22-17-11-14(26-21(27)20-18(23)7-4-8-19(20)24)9-10-15(17)16(12-25)13-5-2-1-3-6-13/h1-11,16H,(H,26,27)/t16-/m0/s1. The maximum atomic E-state index is 13.7. The Labute approximate surface area is 159 Å². The maximum Gasteiger partial charge on any atom is 0.261 e. The number of hydrogen-bond donors (Lipinski definition) is 1. The van der Waals surface area contributed by atoms with Crippen LogP contribution in [0.3, 0.4) is 0 Å². The number of hydrogen-bond acceptors (Lipinski definition) is 2. The van der Waals surface area contributed by atoms with E-state index in [4.69, 9.17) is 11.6 Å². The lowest BCUT2D eigenvalue weighted by molar-refractivity contribution is 0.101. The Morgan fingerprint density at radius 3 is 2.26 bits per heavy atom. The topological polar surface area (TPSA) is 52.9 Å². The average molecular weight is 383 g/mol. The van der Waals surface area contributed by atoms with E-state index in [0.29, 0.717) is 5.56 Å². The minimum Gasteiger partial charge on any atom is -0.322 e. The normalized spacial score (nSPS) is 11.5. The highest BCUT2D eigenvalue weighted by Gasteiger charge is 2.19. The van der Waals surface area contributed by atoms with Crippen LogP contribution in [0.2, 0.25) is 5.02 Å². The van der Waals surface area contributed by atoms with Gasteiger partial charge in [-0.05, 0) is 35.4 Å². The molecule has 0 fully saturated rings. The first-order valence-corrected chi connectivity index (χ1v) is 8.38. The first-order chi connectivity index (χ1) is 13.0. The molecule has 0 heterocycles. The van der Waals surface area contributed by atoms with Crippen molar-refractivity contribution in [3.63, 3.8) is 0 Å². The summed E-state index contributed by atoms with van der Waals surface area (Å²) in [5, 5.41) is 12.2. The van der Waals surface area contributed by atoms with Gasteiger partial charge in [-0.15, -0.1) is 0 Å². The summed E-state index contributed by atoms with van der Waals surface area (Å²) < 4.78 is 27.4. The van der Waals surface area contributed by atoms with E-state index in [1.807, 2.05) is 30.3 Å². The smallest absolute Gasteiger partial charge is 0.261 e. The molecular weight excluding hydrogens is 370 g/mol. The third-order valence-electron chi connectivity index (χ3n) is 4.02. The number of halogens is 3. The van der Waals surface area contributed by atoms with Gasteiger partial charge in [-0.25, -0.2) is 8.78 Å². The molecule has 3 nitrogen and oxygen atoms in total. The lowest BCUT2D eigenvalue weighted by Gasteiger charge is -2.14. The molecule has 0 unspecified atom stereocenters. The first-order valence-electron chi connectivity index (χ1n) is 8.00. The van der Waals surface area contributed by atoms with E-state index >= 15 is 0 Å². The van der Waals surface area contributed by atoms with Crippen molar-refractivity contribution in [2.75, 3.05) is 5.32 Å². The van der Waals surface area contributed by atoms with E-state index in [9.17, 15) is 18.8 Å². The fourth-order valence-electron chi connectivity index (χ4n) is 2.72. The highest BCUT2D eigenvalue weighted by molar-refractivity contribution is 6.32. The van der Waals surface area contributed by atoms with Crippen molar-refractivity contribution >= 4 is 23.2 Å². The molecular formula is C21H13ClF2N2O. The fraction of sp³-hybridized carbons (Fsp3) is 0.0476. The van der Waals surface area contributed by atoms with Gasteiger partial charge < -0.3 is 5.32 Å². The maximum absolute atomic E-state index is 13.7. The Balaban J connectivity index is 1.87. The van der Waals surface area contributed by atoms with Crippen LogP contribution in [0, 0.1) is 23.0 Å². The van der Waals surface area contributed by atoms with Crippen LogP contribution in [0.1, 0.15) is 27.4 Å². The van der Waals surface area contributed by atoms with Crippen LogP contribution in [0.5, 0.6) is 0 Å². The Morgan fingerprint density at radius 1 is 1.00 bits per heavy atom. The minimum atomic E-state index is -0.955. The zero-order valence-electron chi connectivity index (χ0n) is 13.9. The van der Waals surface area contributed by atoms with E-state index in [1.165, 1.54) is 18.2 Å². The second-order valence-electron chi connectivity index (χ2n) is 5.76. The van der Waals surface area contributed by atoms with Gasteiger partial charge in [0, 0.05) is 10.7 Å². The average Bonchev–Trinajstić information content (AvgIpc) is 2.65. The number of nitrogens with one attached hydrogen (secondary N) is 1. The number of amides is 1. The Hall–Kier alpha value is -3.23. The number of carbonyl (C=O) groups excluding carboxylic acids is 1. The molecule has 3 aromatic rings. The SMILES string of the molecule is N#C[C@@H](c1ccccc1)c1ccc(NC(=O)c2c(F)cccc2F)cc1Cl. The molecule has 0 aliphatic rings. The molecule has 6 heteroatoms. The molecule has 0 saturated carbocycles. The third kappa shape index (κ3) is 3.97. The summed E-state index contributed by atoms with van der Waals surface area (Å²) in [5.74, 6) is -3.41. The molecule has 0 radical (unpaired) electrons. The lowest BCUT2D eigenvalue weighted by atomic mass is 9.92. The van der Waals surface area contributed by atoms with Crippen molar-refractivity contribution in [3.05, 3.63) is 100 Å². The van der Waals surface area contributed by atoms with Gasteiger partial charge in [-0.2, -0.15) is 5.26 Å². The quantitative estimate of drug-likeness (QED) is 0.645. The van der Waals surface area contributed by atoms with Crippen molar-refractivity contribution in [2.24, 2.45) is 0 Å². The van der Waals surface area contributed by atoms with E-state index in [1.54, 1.807) is 6.07 Å². The van der Waals surface area contributed by atoms with Gasteiger partial charge in [0.05, 0.1) is 12.0 Å². The van der Waals surface area contributed by atoms with Crippen LogP contribution in [-0.4, -0.2) is 5.91 Å². The van der Waals surface area contributed by atoms with E-state index in [-0.39, 0.29) is 10.7 Å². The Bertz CT molecular complexity index is 1010. The second-order valence-corrected chi connectivity index (χ2v) is 6.17. The van der Waals surface area contributed by atoms with Crippen LogP contribution >= 0.6 is 11.6 Å². The predicted octanol–water partition coefficient (Wildman–Crippen LogP) is 5.53. The fourth-order valence-corrected chi connectivity index (χ4v) is 3.01. The largest absolute Gasteiger partial charge is 0.322 e. The summed E-state index contributed by atoms with van der Waals surface area (Å²) in [6.45, 7) is 0. The van der Waals surface area contributed by atoms with Crippen LogP contribution < -0.4 is 5.32 Å². The van der Waals surface area contributed by atoms with E-state index in [2.05, 4.69) is 11.4 Å². The molecule has 1 N–H and O–H groups in total. The molecule has 3 aromatic carbocycles. The van der Waals surface area contributed by atoms with Gasteiger partial charge in [0.25, 0.3) is 5.91 Å². The molecule has 0 aromatic heterocycles. The second kappa shape index (κ2) is 7.98. The van der Waals surface area contributed by atoms with Crippen LogP contribution in [-0.2, 0) is 0 Å². The Kier molecular flexibility index (Phi) is 5.49. The molecule has 0 bridgehead atoms. The van der Waals surface area contributed by atoms with Gasteiger partial charge in [-0.1, -0.05) is 54.1 Å². The van der Waals surface area contributed by atoms with Crippen molar-refractivity contribution in [1.29, 1.82) is 5.26 Å². The summed E-state index contributed by atoms with van der Waals surface area (Å²) in [4.78, 5) is 12.2.